The first-order valence-corrected chi connectivity index (χ1v) is 7.66. The summed E-state index contributed by atoms with van der Waals surface area (Å²) in [6, 6.07) is 12.9. The zero-order valence-electron chi connectivity index (χ0n) is 11.9. The monoisotopic (exact) mass is 380 g/mol. The Morgan fingerprint density at radius 3 is 2.22 bits per heavy atom. The average molecular weight is 381 g/mol. The minimum absolute atomic E-state index is 0.462. The van der Waals surface area contributed by atoms with E-state index in [4.69, 9.17) is 0 Å². The lowest BCUT2D eigenvalue weighted by molar-refractivity contribution is -0.137. The fourth-order valence-electron chi connectivity index (χ4n) is 2.29. The first kappa shape index (κ1) is 15.8. The molecular formula is C17H12BrF3N2. The molecule has 0 aliphatic heterocycles. The number of hydrogen-bond acceptors (Lipinski definition) is 1. The summed E-state index contributed by atoms with van der Waals surface area (Å²) < 4.78 is 40.7. The van der Waals surface area contributed by atoms with Gasteiger partial charge in [-0.15, -0.1) is 0 Å². The van der Waals surface area contributed by atoms with Crippen molar-refractivity contribution < 1.29 is 13.2 Å². The maximum absolute atomic E-state index is 12.6. The molecule has 2 aromatic carbocycles. The molecule has 0 aliphatic rings. The second kappa shape index (κ2) is 6.20. The van der Waals surface area contributed by atoms with Crippen LogP contribution in [0.1, 0.15) is 11.1 Å². The first-order chi connectivity index (χ1) is 10.9. The Hall–Kier alpha value is -2.08. The Kier molecular flexibility index (Phi) is 4.26. The maximum Gasteiger partial charge on any atom is 0.416 e. The van der Waals surface area contributed by atoms with Crippen molar-refractivity contribution in [2.75, 3.05) is 0 Å². The summed E-state index contributed by atoms with van der Waals surface area (Å²) in [5.41, 5.74) is 1.10. The number of hydrogen-bond donors (Lipinski definition) is 0. The van der Waals surface area contributed by atoms with E-state index in [1.54, 1.807) is 6.20 Å². The van der Waals surface area contributed by atoms with Crippen LogP contribution in [0, 0.1) is 0 Å². The molecule has 0 saturated carbocycles. The number of aromatic nitrogens is 2. The molecule has 0 unspecified atom stereocenters. The Bertz CT molecular complexity index is 790. The van der Waals surface area contributed by atoms with Gasteiger partial charge in [0.2, 0.25) is 0 Å². The van der Waals surface area contributed by atoms with E-state index < -0.39 is 11.7 Å². The predicted octanol–water partition coefficient (Wildman–Crippen LogP) is 5.38. The van der Waals surface area contributed by atoms with Crippen LogP contribution >= 0.6 is 15.9 Å². The quantitative estimate of drug-likeness (QED) is 0.596. The van der Waals surface area contributed by atoms with E-state index in [1.807, 2.05) is 35.0 Å². The summed E-state index contributed by atoms with van der Waals surface area (Å²) in [4.78, 5) is 4.34. The number of halogens is 4. The van der Waals surface area contributed by atoms with Crippen LogP contribution in [0.25, 0.3) is 11.4 Å². The molecule has 0 amide bonds. The molecule has 2 nitrogen and oxygen atoms in total. The normalized spacial score (nSPS) is 11.7. The zero-order chi connectivity index (χ0) is 16.4. The van der Waals surface area contributed by atoms with Gasteiger partial charge in [0, 0.05) is 29.0 Å². The van der Waals surface area contributed by atoms with Crippen LogP contribution in [0.2, 0.25) is 0 Å². The minimum atomic E-state index is -4.31. The largest absolute Gasteiger partial charge is 0.416 e. The summed E-state index contributed by atoms with van der Waals surface area (Å²) in [5.74, 6) is 0.775. The van der Waals surface area contributed by atoms with E-state index in [-0.39, 0.29) is 0 Å². The maximum atomic E-state index is 12.6. The van der Waals surface area contributed by atoms with Crippen molar-refractivity contribution in [1.82, 2.24) is 9.55 Å². The van der Waals surface area contributed by atoms with Gasteiger partial charge < -0.3 is 4.57 Å². The van der Waals surface area contributed by atoms with Gasteiger partial charge in [-0.3, -0.25) is 0 Å². The third-order valence-corrected chi connectivity index (χ3v) is 3.98. The molecule has 6 heteroatoms. The number of nitrogens with zero attached hydrogens (tertiary/aromatic N) is 2. The smallest absolute Gasteiger partial charge is 0.327 e. The molecule has 0 saturated heterocycles. The summed E-state index contributed by atoms with van der Waals surface area (Å²) in [6.07, 6.45) is -0.813. The molecule has 3 rings (SSSR count). The summed E-state index contributed by atoms with van der Waals surface area (Å²) in [6.45, 7) is 0.462. The van der Waals surface area contributed by atoms with E-state index in [0.29, 0.717) is 6.54 Å². The molecule has 1 heterocycles. The van der Waals surface area contributed by atoms with Crippen LogP contribution in [0.15, 0.2) is 65.4 Å². The fourth-order valence-corrected chi connectivity index (χ4v) is 2.56. The second-order valence-corrected chi connectivity index (χ2v) is 6.00. The molecular weight excluding hydrogens is 369 g/mol. The Labute approximate surface area is 139 Å². The average Bonchev–Trinajstić information content (AvgIpc) is 2.96. The Morgan fingerprint density at radius 1 is 0.957 bits per heavy atom. The zero-order valence-corrected chi connectivity index (χ0v) is 13.5. The molecule has 0 spiro atoms. The van der Waals surface area contributed by atoms with Gasteiger partial charge in [-0.25, -0.2) is 4.98 Å². The van der Waals surface area contributed by atoms with Gasteiger partial charge in [0.15, 0.2) is 0 Å². The molecule has 118 valence electrons. The van der Waals surface area contributed by atoms with Crippen molar-refractivity contribution in [1.29, 1.82) is 0 Å². The van der Waals surface area contributed by atoms with Gasteiger partial charge in [-0.05, 0) is 29.8 Å². The highest BCUT2D eigenvalue weighted by atomic mass is 79.9. The summed E-state index contributed by atoms with van der Waals surface area (Å²) >= 11 is 3.38. The Balaban J connectivity index is 1.84. The highest BCUT2D eigenvalue weighted by Gasteiger charge is 2.29. The number of benzene rings is 2. The number of imidazole rings is 1. The van der Waals surface area contributed by atoms with E-state index in [0.717, 1.165) is 33.6 Å². The van der Waals surface area contributed by atoms with E-state index in [2.05, 4.69) is 20.9 Å². The lowest BCUT2D eigenvalue weighted by atomic mass is 10.1. The van der Waals surface area contributed by atoms with Crippen LogP contribution in [-0.2, 0) is 12.7 Å². The van der Waals surface area contributed by atoms with E-state index in [1.165, 1.54) is 12.1 Å². The minimum Gasteiger partial charge on any atom is -0.327 e. The molecule has 1 aromatic heterocycles. The number of alkyl halides is 3. The van der Waals surface area contributed by atoms with Gasteiger partial charge in [0.1, 0.15) is 5.82 Å². The van der Waals surface area contributed by atoms with Gasteiger partial charge in [0.25, 0.3) is 0 Å². The highest BCUT2D eigenvalue weighted by Crippen LogP contribution is 2.29. The van der Waals surface area contributed by atoms with E-state index >= 15 is 0 Å². The van der Waals surface area contributed by atoms with Crippen LogP contribution in [-0.4, -0.2) is 9.55 Å². The second-order valence-electron chi connectivity index (χ2n) is 5.08. The SMILES string of the molecule is FC(F)(F)c1ccc(Cn2ccnc2-c2ccc(Br)cc2)cc1. The topological polar surface area (TPSA) is 17.8 Å². The molecule has 0 N–H and O–H groups in total. The highest BCUT2D eigenvalue weighted by molar-refractivity contribution is 9.10. The first-order valence-electron chi connectivity index (χ1n) is 6.87. The van der Waals surface area contributed by atoms with Gasteiger partial charge >= 0.3 is 6.18 Å². The van der Waals surface area contributed by atoms with Crippen molar-refractivity contribution in [3.05, 3.63) is 76.5 Å². The predicted molar refractivity (Wildman–Crippen MR) is 85.9 cm³/mol. The van der Waals surface area contributed by atoms with Crippen LogP contribution < -0.4 is 0 Å². The van der Waals surface area contributed by atoms with Crippen molar-refractivity contribution in [3.63, 3.8) is 0 Å². The molecule has 23 heavy (non-hydrogen) atoms. The summed E-state index contributed by atoms with van der Waals surface area (Å²) in [5, 5.41) is 0. The molecule has 3 aromatic rings. The Morgan fingerprint density at radius 2 is 1.61 bits per heavy atom. The standard InChI is InChI=1S/C17H12BrF3N2/c18-15-7-3-13(4-8-15)16-22-9-10-23(16)11-12-1-5-14(6-2-12)17(19,20)21/h1-10H,11H2. The lowest BCUT2D eigenvalue weighted by Crippen LogP contribution is -2.06. The van der Waals surface area contributed by atoms with Crippen LogP contribution in [0.3, 0.4) is 0 Å². The molecule has 0 fully saturated rings. The van der Waals surface area contributed by atoms with Crippen molar-refractivity contribution >= 4 is 15.9 Å². The fraction of sp³-hybridized carbons (Fsp3) is 0.118. The summed E-state index contributed by atoms with van der Waals surface area (Å²) in [7, 11) is 0. The van der Waals surface area contributed by atoms with E-state index in [9.17, 15) is 13.2 Å². The van der Waals surface area contributed by atoms with Gasteiger partial charge in [-0.2, -0.15) is 13.2 Å². The number of rotatable bonds is 3. The van der Waals surface area contributed by atoms with Gasteiger partial charge in [0.05, 0.1) is 5.56 Å². The molecule has 0 aliphatic carbocycles. The molecule has 0 atom stereocenters. The van der Waals surface area contributed by atoms with Crippen LogP contribution in [0.4, 0.5) is 13.2 Å². The van der Waals surface area contributed by atoms with Crippen LogP contribution in [0.5, 0.6) is 0 Å². The van der Waals surface area contributed by atoms with Crippen molar-refractivity contribution in [2.24, 2.45) is 0 Å². The third-order valence-electron chi connectivity index (χ3n) is 3.45. The third kappa shape index (κ3) is 3.64. The van der Waals surface area contributed by atoms with Crippen molar-refractivity contribution in [3.8, 4) is 11.4 Å². The van der Waals surface area contributed by atoms with Crippen molar-refractivity contribution in [2.45, 2.75) is 12.7 Å². The lowest BCUT2D eigenvalue weighted by Gasteiger charge is -2.10. The molecule has 0 radical (unpaired) electrons. The van der Waals surface area contributed by atoms with Gasteiger partial charge in [-0.1, -0.05) is 40.2 Å². The molecule has 0 bridgehead atoms.